The van der Waals surface area contributed by atoms with Gasteiger partial charge < -0.3 is 22.3 Å². The van der Waals surface area contributed by atoms with Crippen molar-refractivity contribution in [3.63, 3.8) is 0 Å². The Morgan fingerprint density at radius 1 is 0.600 bits per heavy atom. The van der Waals surface area contributed by atoms with Gasteiger partial charge in [-0.15, -0.1) is 0 Å². The zero-order chi connectivity index (χ0) is 0. The van der Waals surface area contributed by atoms with E-state index in [9.17, 15) is 0 Å². The van der Waals surface area contributed by atoms with E-state index in [-0.39, 0.29) is 67.3 Å². The summed E-state index contributed by atoms with van der Waals surface area (Å²) in [4.78, 5) is 0. The maximum absolute atomic E-state index is 0. The molecule has 0 N–H and O–H groups in total. The van der Waals surface area contributed by atoms with Gasteiger partial charge >= 0.3 is 21.1 Å². The molecule has 2 heteroatoms. The summed E-state index contributed by atoms with van der Waals surface area (Å²) in [7, 11) is 0. The van der Waals surface area contributed by atoms with Gasteiger partial charge in [0.05, 0.1) is 0 Å². The van der Waals surface area contributed by atoms with Gasteiger partial charge in [-0.1, -0.05) is 0 Å². The minimum atomic E-state index is 0. The molecule has 0 nitrogen and oxygen atoms in total. The van der Waals surface area contributed by atoms with E-state index in [2.05, 4.69) is 0 Å². The molecule has 0 saturated carbocycles. The predicted molar refractivity (Wildman–Crippen MR) is 22.0 cm³/mol. The monoisotopic (exact) mass is 369 g/mol. The largest absolute Gasteiger partial charge is 4.00 e. The molecule has 0 heterocycles. The van der Waals surface area contributed by atoms with Crippen LogP contribution in [0.15, 0.2) is 0 Å². The van der Waals surface area contributed by atoms with Crippen LogP contribution in [0.2, 0.25) is 0 Å². The van der Waals surface area contributed by atoms with E-state index in [1.54, 1.807) is 0 Å². The maximum atomic E-state index is 0. The SMILES string of the molecule is [CH3-].[CH3-].[CH3-].[IH2+].[Pt+4]. The average molecular weight is 369 g/mol. The van der Waals surface area contributed by atoms with Gasteiger partial charge in [0, 0.05) is 0 Å². The van der Waals surface area contributed by atoms with Gasteiger partial charge in [0.25, 0.3) is 0 Å². The normalized spacial score (nSPS) is 0. The van der Waals surface area contributed by atoms with Crippen LogP contribution in [0.5, 0.6) is 0 Å². The summed E-state index contributed by atoms with van der Waals surface area (Å²) in [5.41, 5.74) is 0. The quantitative estimate of drug-likeness (QED) is 0.337. The molecule has 0 aliphatic rings. The van der Waals surface area contributed by atoms with Gasteiger partial charge in [-0.3, -0.25) is 0 Å². The zero-order valence-electron chi connectivity index (χ0n) is 3.76. The minimum absolute atomic E-state index is 0. The van der Waals surface area contributed by atoms with Crippen molar-refractivity contribution >= 4 is 0 Å². The number of halogens is 1. The molecule has 0 radical (unpaired) electrons. The van der Waals surface area contributed by atoms with Gasteiger partial charge in [0.2, 0.25) is 24.0 Å². The van der Waals surface area contributed by atoms with E-state index in [0.29, 0.717) is 0 Å². The Kier molecular flexibility index (Phi) is 985. The molecule has 5 heavy (non-hydrogen) atoms. The summed E-state index contributed by atoms with van der Waals surface area (Å²) in [5.74, 6) is 0. The molecule has 0 aromatic carbocycles. The van der Waals surface area contributed by atoms with Gasteiger partial charge in [-0.2, -0.15) is 0 Å². The third-order valence-corrected chi connectivity index (χ3v) is 0. The molecular formula is C3H11IPt+2. The Bertz CT molecular complexity index is 6.85. The van der Waals surface area contributed by atoms with Gasteiger partial charge in [-0.25, -0.2) is 0 Å². The van der Waals surface area contributed by atoms with E-state index in [1.165, 1.54) is 0 Å². The molecule has 0 aromatic heterocycles. The molecule has 0 amide bonds. The molecule has 0 aliphatic carbocycles. The van der Waals surface area contributed by atoms with Gasteiger partial charge in [-0.05, 0) is 0 Å². The first-order chi connectivity index (χ1) is 0. The number of hydrogen-bond acceptors (Lipinski definition) is 0. The first kappa shape index (κ1) is 93.7. The zero-order valence-corrected chi connectivity index (χ0v) is 8.59. The summed E-state index contributed by atoms with van der Waals surface area (Å²) in [6.07, 6.45) is 0. The molecule has 0 saturated heterocycles. The van der Waals surface area contributed by atoms with Crippen molar-refractivity contribution in [1.29, 1.82) is 0 Å². The second-order valence-corrected chi connectivity index (χ2v) is 0. The van der Waals surface area contributed by atoms with Crippen LogP contribution in [0.25, 0.3) is 0 Å². The average Bonchev–Trinajstić information content (AvgIpc) is 0. The van der Waals surface area contributed by atoms with Crippen molar-refractivity contribution in [3.05, 3.63) is 22.3 Å². The molecule has 0 atom stereocenters. The van der Waals surface area contributed by atoms with Crippen LogP contribution in [-0.4, -0.2) is 0 Å². The van der Waals surface area contributed by atoms with Crippen molar-refractivity contribution in [2.75, 3.05) is 0 Å². The third-order valence-electron chi connectivity index (χ3n) is 0. The molecular weight excluding hydrogens is 358 g/mol. The summed E-state index contributed by atoms with van der Waals surface area (Å²) in [6.45, 7) is 0. The van der Waals surface area contributed by atoms with E-state index in [4.69, 9.17) is 0 Å². The topological polar surface area (TPSA) is 0 Å². The van der Waals surface area contributed by atoms with E-state index >= 15 is 0 Å². The summed E-state index contributed by atoms with van der Waals surface area (Å²) >= 11 is 0. The first-order valence-corrected chi connectivity index (χ1v) is 0. The van der Waals surface area contributed by atoms with Crippen molar-refractivity contribution in [1.82, 2.24) is 0 Å². The van der Waals surface area contributed by atoms with Gasteiger partial charge in [0.1, 0.15) is 0 Å². The molecule has 0 aromatic rings. The van der Waals surface area contributed by atoms with E-state index in [0.717, 1.165) is 0 Å². The van der Waals surface area contributed by atoms with E-state index < -0.39 is 0 Å². The van der Waals surface area contributed by atoms with Crippen LogP contribution < -0.4 is 24.0 Å². The summed E-state index contributed by atoms with van der Waals surface area (Å²) < 4.78 is 0. The fraction of sp³-hybridized carbons (Fsp3) is 0. The second-order valence-electron chi connectivity index (χ2n) is 0. The Labute approximate surface area is 67.0 Å². The van der Waals surface area contributed by atoms with Gasteiger partial charge in [0.15, 0.2) is 0 Å². The van der Waals surface area contributed by atoms with Crippen molar-refractivity contribution in [2.24, 2.45) is 0 Å². The Morgan fingerprint density at radius 2 is 0.600 bits per heavy atom. The molecule has 38 valence electrons. The number of hydrogen-bond donors (Lipinski definition) is 0. The molecule has 0 aliphatic heterocycles. The minimum Gasteiger partial charge on any atom is -0.358 e. The van der Waals surface area contributed by atoms with Crippen LogP contribution >= 0.6 is 0 Å². The maximum Gasteiger partial charge on any atom is 4.00 e. The molecule has 0 unspecified atom stereocenters. The Hall–Kier alpha value is 1.42. The smallest absolute Gasteiger partial charge is 0.358 e. The molecule has 0 fully saturated rings. The van der Waals surface area contributed by atoms with E-state index in [1.807, 2.05) is 0 Å². The van der Waals surface area contributed by atoms with Crippen molar-refractivity contribution in [3.8, 4) is 0 Å². The fourth-order valence-electron chi connectivity index (χ4n) is 0. The van der Waals surface area contributed by atoms with Crippen LogP contribution in [0.4, 0.5) is 0 Å². The second kappa shape index (κ2) is 52.6. The Balaban J connectivity index is 0. The van der Waals surface area contributed by atoms with Crippen LogP contribution in [-0.2, 0) is 21.1 Å². The predicted octanol–water partition coefficient (Wildman–Crippen LogP) is -2.18. The fourth-order valence-corrected chi connectivity index (χ4v) is 0. The van der Waals surface area contributed by atoms with Crippen LogP contribution in [0, 0.1) is 22.3 Å². The third kappa shape index (κ3) is 31.5. The van der Waals surface area contributed by atoms with Crippen LogP contribution in [0.1, 0.15) is 0 Å². The van der Waals surface area contributed by atoms with Crippen molar-refractivity contribution < 1.29 is 45.0 Å². The van der Waals surface area contributed by atoms with Crippen molar-refractivity contribution in [2.45, 2.75) is 0 Å². The first-order valence-electron chi connectivity index (χ1n) is 0. The number of rotatable bonds is 0. The summed E-state index contributed by atoms with van der Waals surface area (Å²) in [6, 6.07) is 0. The van der Waals surface area contributed by atoms with Crippen LogP contribution in [0.3, 0.4) is 0 Å². The Morgan fingerprint density at radius 3 is 0.600 bits per heavy atom. The molecule has 0 bridgehead atoms. The molecule has 0 rings (SSSR count). The standard InChI is InChI=1S/3CH3.H2I.Pt/h3*1H3;1H2;/q3*-1;+1;+4. The molecule has 0 spiro atoms. The summed E-state index contributed by atoms with van der Waals surface area (Å²) in [5, 5.41) is 0.